The Morgan fingerprint density at radius 1 is 0.536 bits per heavy atom. The molecule has 10 aromatic rings. The van der Waals surface area contributed by atoms with E-state index in [1.807, 2.05) is 54.6 Å². The summed E-state index contributed by atoms with van der Waals surface area (Å²) in [5.41, 5.74) is 11.7. The first-order chi connectivity index (χ1) is 58.0. The van der Waals surface area contributed by atoms with Gasteiger partial charge in [0.1, 0.15) is 61.8 Å². The first-order valence-electron chi connectivity index (χ1n) is 37.3. The van der Waals surface area contributed by atoms with Gasteiger partial charge in [-0.25, -0.2) is 51.2 Å². The molecule has 0 radical (unpaired) electrons. The van der Waals surface area contributed by atoms with Crippen molar-refractivity contribution in [1.29, 1.82) is 0 Å². The van der Waals surface area contributed by atoms with Crippen LogP contribution in [0.5, 0.6) is 28.7 Å². The van der Waals surface area contributed by atoms with E-state index in [9.17, 15) is 41.1 Å². The second-order valence-corrected chi connectivity index (χ2v) is 31.8. The Morgan fingerprint density at radius 2 is 0.984 bits per heavy atom. The number of aliphatic hydroxyl groups is 1. The molecule has 1 unspecified atom stereocenters. The number of amides is 1. The number of carboxylic acid groups (broad SMARTS) is 1. The Bertz CT molecular complexity index is 5230. The summed E-state index contributed by atoms with van der Waals surface area (Å²) in [6, 6.07) is 47.7. The minimum Gasteiger partial charge on any atom is -0.870 e. The number of ether oxygens (including phenoxy) is 8. The maximum absolute atomic E-state index is 13.0. The number of methoxy groups -OCH3 is 6. The van der Waals surface area contributed by atoms with Gasteiger partial charge in [0.15, 0.2) is 0 Å². The number of aliphatic hydroxyl groups excluding tert-OH is 1. The van der Waals surface area contributed by atoms with Gasteiger partial charge in [0.2, 0.25) is 0 Å². The number of hydrogen-bond acceptors (Lipinski definition) is 28. The first kappa shape index (κ1) is 109. The van der Waals surface area contributed by atoms with E-state index in [0.717, 1.165) is 72.4 Å². The monoisotopic (exact) mass is 1850 g/mol. The quantitative estimate of drug-likeness (QED) is 0.0178. The molecule has 670 valence electrons. The molecule has 0 spiro atoms. The molecule has 3 saturated heterocycles. The van der Waals surface area contributed by atoms with Crippen LogP contribution >= 0.6 is 57.1 Å². The van der Waals surface area contributed by atoms with Gasteiger partial charge in [-0.15, -0.1) is 0 Å². The fraction of sp³-hybridized carbons (Fsp3) is 0.302. The Labute approximate surface area is 766 Å². The normalized spacial score (nSPS) is 12.8. The van der Waals surface area contributed by atoms with Crippen LogP contribution in [0.3, 0.4) is 0 Å². The Kier molecular flexibility index (Phi) is 48.4. The molecule has 0 bridgehead atoms. The van der Waals surface area contributed by atoms with Crippen molar-refractivity contribution < 1.29 is 108 Å². The maximum Gasteiger partial charge on any atom is 1.00 e. The Balaban J connectivity index is 0.000000395. The van der Waals surface area contributed by atoms with E-state index in [0.29, 0.717) is 101 Å². The standard InChI is InChI=1S/C24H25ClN4O5S.C16H17ClN2O3.C14H13ClN2O3.C11H16N2O.C7H6Cl2O3S.C7H8N2O2.C5H10O.2CH4.Li.H2O/c1-33-20-6-4-3-5-19(20)28-11-13-29(14-12-28)24(30)17-7-10-23(26-16-17)27-35(31,32)22-15-18(25)8-9-21(22)34-2;1-3-22-16(20)11-4-7-15(18-9-11)19-10-12-8-13(17)5-6-14(12)21-2;1-20-12-4-3-11(15)6-10(12)8-17-13-5-2-9(7-16-13)14(18)19;14-9-10-3-1-2-4-11(10)13-7-5-12-6-8-13;1-12-6-3-2-5(8)4-7(6)13(9,10)11;1-11-7(10)5-2-3-6(8)9-4-5;1-5-3-2-4-6-5;;;;/h3-10,15-16H,11-14H2,1-2H3,(H,26,27);4-9H,3,10H2,1-2H3,(H,18,19);2-7H,8H2,1H3,(H,16,17)(H,18,19);1-4,12,14H,5-9H2;2-4H,1H3;2-4H,1H3,(H2,8,9);5H,2-4H2,1H3;2*1H4;;1H2/q;;;;;;;;;+1;/p-1. The fourth-order valence-electron chi connectivity index (χ4n) is 11.5. The van der Waals surface area contributed by atoms with Crippen molar-refractivity contribution in [2.24, 2.45) is 0 Å². The molecule has 1 atom stereocenters. The minimum atomic E-state index is -4.00. The molecule has 13 rings (SSSR count). The predicted octanol–water partition coefficient (Wildman–Crippen LogP) is 12.7. The summed E-state index contributed by atoms with van der Waals surface area (Å²) in [6.45, 7) is 12.8. The zero-order valence-electron chi connectivity index (χ0n) is 68.9. The number of anilines is 6. The number of esters is 2. The van der Waals surface area contributed by atoms with E-state index in [2.05, 4.69) is 68.1 Å². The number of aromatic nitrogens is 4. The van der Waals surface area contributed by atoms with Crippen LogP contribution < -0.4 is 78.8 Å². The summed E-state index contributed by atoms with van der Waals surface area (Å²) >= 11 is 23.5. The molecule has 39 heteroatoms. The fourth-order valence-corrected chi connectivity index (χ4v) is 14.6. The van der Waals surface area contributed by atoms with E-state index < -0.39 is 31.0 Å². The number of para-hydroxylation sites is 3. The Hall–Kier alpha value is -10.6. The molecule has 3 aliphatic rings. The smallest absolute Gasteiger partial charge is 0.870 e. The number of benzene rings is 6. The third-order valence-electron chi connectivity index (χ3n) is 17.7. The zero-order valence-corrected chi connectivity index (χ0v) is 74.4. The van der Waals surface area contributed by atoms with Crippen LogP contribution in [0.2, 0.25) is 20.1 Å². The number of pyridine rings is 4. The van der Waals surface area contributed by atoms with Gasteiger partial charge in [-0.2, -0.15) is 0 Å². The molecule has 7 heterocycles. The number of nitrogens with two attached hydrogens (primary N) is 1. The van der Waals surface area contributed by atoms with E-state index in [4.69, 9.17) is 101 Å². The number of nitrogens with zero attached hydrogens (tertiary/aromatic N) is 7. The van der Waals surface area contributed by atoms with E-state index in [-0.39, 0.29) is 95.4 Å². The number of aromatic carboxylic acids is 1. The number of hydrogen-bond donors (Lipinski definition) is 7. The molecule has 3 aliphatic heterocycles. The molecule has 6 aromatic carbocycles. The number of halogens is 5. The van der Waals surface area contributed by atoms with Crippen LogP contribution in [-0.2, 0) is 53.0 Å². The SMILES string of the molecule is C.C.CC1CCCO1.CCOC(=O)c1ccc(NCc2cc(Cl)ccc2OC)nc1.COC(=O)c1ccc(N)nc1.COc1ccc(Cl)cc1CNc1ccc(C(=O)O)cn1.COc1ccc(Cl)cc1S(=O)(=O)Cl.COc1ccccc1N1CCN(C(=O)c2ccc(NS(=O)(=O)c3cc(Cl)ccc3OC)nc2)CC1.OCc1ccccc1N1CCNCC1.[Li+].[OH-]. The summed E-state index contributed by atoms with van der Waals surface area (Å²) in [6.07, 6.45) is 8.60. The zero-order chi connectivity index (χ0) is 88.0. The average molecular weight is 1860 g/mol. The van der Waals surface area contributed by atoms with Crippen molar-refractivity contribution in [3.8, 4) is 28.7 Å². The number of piperazine rings is 2. The molecule has 9 N–H and O–H groups in total. The number of carboxylic acids is 1. The van der Waals surface area contributed by atoms with Crippen molar-refractivity contribution in [3.63, 3.8) is 0 Å². The molecule has 3 fully saturated rings. The third-order valence-corrected chi connectivity index (χ3v) is 21.4. The van der Waals surface area contributed by atoms with Crippen molar-refractivity contribution in [3.05, 3.63) is 254 Å². The van der Waals surface area contributed by atoms with E-state index >= 15 is 0 Å². The number of nitrogens with one attached hydrogen (secondary N) is 4. The van der Waals surface area contributed by atoms with Gasteiger partial charge < -0.3 is 90.0 Å². The summed E-state index contributed by atoms with van der Waals surface area (Å²) in [5, 5.41) is 29.4. The van der Waals surface area contributed by atoms with Crippen LogP contribution in [-0.4, -0.2) is 196 Å². The van der Waals surface area contributed by atoms with Gasteiger partial charge >= 0.3 is 36.8 Å². The van der Waals surface area contributed by atoms with Crippen molar-refractivity contribution in [1.82, 2.24) is 30.2 Å². The maximum atomic E-state index is 13.0. The first-order valence-corrected chi connectivity index (χ1v) is 42.6. The van der Waals surface area contributed by atoms with Gasteiger partial charge in [-0.1, -0.05) is 91.6 Å². The number of carbonyl (C=O) groups excluding carboxylic acids is 3. The number of sulfonamides is 1. The van der Waals surface area contributed by atoms with Gasteiger partial charge in [-0.3, -0.25) is 9.52 Å². The largest absolute Gasteiger partial charge is 1.00 e. The molecular weight excluding hydrogens is 1750 g/mol. The van der Waals surface area contributed by atoms with E-state index in [1.54, 1.807) is 93.8 Å². The number of rotatable bonds is 23. The van der Waals surface area contributed by atoms with Gasteiger partial charge in [-0.05, 0) is 166 Å². The number of nitrogen functional groups attached to an aromatic ring is 1. The second-order valence-electron chi connectivity index (χ2n) is 25.8. The van der Waals surface area contributed by atoms with Crippen LogP contribution in [0, 0.1) is 0 Å². The molecule has 31 nitrogen and oxygen atoms in total. The molecule has 1 amide bonds. The third kappa shape index (κ3) is 35.0. The van der Waals surface area contributed by atoms with Crippen LogP contribution in [0.15, 0.2) is 204 Å². The topological polar surface area (TPSA) is 416 Å². The van der Waals surface area contributed by atoms with Crippen molar-refractivity contribution in [2.75, 3.05) is 139 Å². The summed E-state index contributed by atoms with van der Waals surface area (Å²) < 4.78 is 90.4. The van der Waals surface area contributed by atoms with Gasteiger partial charge in [0.25, 0.3) is 25.0 Å². The molecule has 0 aliphatic carbocycles. The van der Waals surface area contributed by atoms with Crippen LogP contribution in [0.25, 0.3) is 0 Å². The van der Waals surface area contributed by atoms with Crippen molar-refractivity contribution in [2.45, 2.75) is 77.1 Å². The molecular formula is C86H104Cl5LiN12O19S2. The van der Waals surface area contributed by atoms with Gasteiger partial charge in [0.05, 0.1) is 89.9 Å². The van der Waals surface area contributed by atoms with Gasteiger partial charge in [0, 0.05) is 150 Å². The van der Waals surface area contributed by atoms with E-state index in [1.165, 1.54) is 113 Å². The molecule has 4 aromatic heterocycles. The minimum absolute atomic E-state index is 0. The predicted molar refractivity (Wildman–Crippen MR) is 485 cm³/mol. The van der Waals surface area contributed by atoms with Crippen LogP contribution in [0.4, 0.5) is 34.6 Å². The average Bonchev–Trinajstić information content (AvgIpc) is 1.01. The second kappa shape index (κ2) is 55.7. The summed E-state index contributed by atoms with van der Waals surface area (Å²) in [4.78, 5) is 68.2. The van der Waals surface area contributed by atoms with Crippen molar-refractivity contribution >= 4 is 135 Å². The van der Waals surface area contributed by atoms with Crippen LogP contribution in [0.1, 0.15) is 99.7 Å². The summed E-state index contributed by atoms with van der Waals surface area (Å²) in [5.74, 6) is 2.35. The summed E-state index contributed by atoms with van der Waals surface area (Å²) in [7, 11) is 6.23. The molecule has 125 heavy (non-hydrogen) atoms. The Morgan fingerprint density at radius 3 is 1.43 bits per heavy atom. The molecule has 0 saturated carbocycles. The number of carbonyl (C=O) groups is 4.